The first kappa shape index (κ1) is 26.5. The minimum absolute atomic E-state index is 0.00457. The number of amides is 1. The van der Waals surface area contributed by atoms with E-state index in [9.17, 15) is 4.79 Å². The van der Waals surface area contributed by atoms with Crippen LogP contribution in [0.2, 0.25) is 0 Å². The average Bonchev–Trinajstić information content (AvgIpc) is 2.94. The number of benzene rings is 2. The molecule has 0 fully saturated rings. The number of hydrogen-bond donors (Lipinski definition) is 1. The Balaban J connectivity index is 1.30. The van der Waals surface area contributed by atoms with Crippen molar-refractivity contribution in [3.05, 3.63) is 77.5 Å². The Morgan fingerprint density at radius 3 is 2.49 bits per heavy atom. The van der Waals surface area contributed by atoms with Crippen molar-refractivity contribution in [2.45, 2.75) is 45.1 Å². The number of unbranched alkanes of at least 4 members (excludes halogenated alkanes) is 2. The average molecular weight is 504 g/mol. The van der Waals surface area contributed by atoms with Gasteiger partial charge in [0.25, 0.3) is 0 Å². The van der Waals surface area contributed by atoms with Crippen LogP contribution < -0.4 is 19.7 Å². The number of nitrogens with zero attached hydrogens (tertiary/aromatic N) is 2. The highest BCUT2D eigenvalue weighted by Crippen LogP contribution is 2.35. The summed E-state index contributed by atoms with van der Waals surface area (Å²) in [6.07, 6.45) is 5.62. The van der Waals surface area contributed by atoms with Crippen LogP contribution in [-0.2, 0) is 22.6 Å². The molecule has 2 heterocycles. The van der Waals surface area contributed by atoms with Gasteiger partial charge in [-0.05, 0) is 54.5 Å². The molecule has 0 aliphatic carbocycles. The summed E-state index contributed by atoms with van der Waals surface area (Å²) in [4.78, 5) is 18.8. The molecule has 3 aromatic rings. The number of methoxy groups -OCH3 is 2. The second kappa shape index (κ2) is 13.1. The Kier molecular flexibility index (Phi) is 9.38. The fourth-order valence-electron chi connectivity index (χ4n) is 4.67. The van der Waals surface area contributed by atoms with E-state index in [1.165, 1.54) is 5.56 Å². The molecule has 7 nitrogen and oxygen atoms in total. The number of aromatic nitrogens is 1. The SMILES string of the molecule is COc1cc(OC)cc(C2CNc3cc(N(CCCCCOCc4ccccc4)C(C)=O)ncc3C2)c1. The Morgan fingerprint density at radius 2 is 1.78 bits per heavy atom. The number of fused-ring (bicyclic) bond motifs is 1. The molecule has 1 N–H and O–H groups in total. The first-order valence-electron chi connectivity index (χ1n) is 12.9. The molecule has 196 valence electrons. The van der Waals surface area contributed by atoms with Crippen LogP contribution in [0.15, 0.2) is 60.8 Å². The summed E-state index contributed by atoms with van der Waals surface area (Å²) in [6, 6.07) is 18.2. The van der Waals surface area contributed by atoms with E-state index in [2.05, 4.69) is 34.6 Å². The first-order valence-corrected chi connectivity index (χ1v) is 12.9. The fourth-order valence-corrected chi connectivity index (χ4v) is 4.67. The van der Waals surface area contributed by atoms with Crippen LogP contribution in [-0.4, -0.2) is 44.8 Å². The van der Waals surface area contributed by atoms with Gasteiger partial charge in [-0.3, -0.25) is 9.69 Å². The maximum atomic E-state index is 12.4. The van der Waals surface area contributed by atoms with Crippen LogP contribution in [0.1, 0.15) is 48.8 Å². The lowest BCUT2D eigenvalue weighted by Crippen LogP contribution is -2.31. The van der Waals surface area contributed by atoms with Gasteiger partial charge in [-0.2, -0.15) is 0 Å². The molecule has 7 heteroatoms. The van der Waals surface area contributed by atoms with Gasteiger partial charge in [0.2, 0.25) is 5.91 Å². The molecular formula is C30H37N3O4. The number of ether oxygens (including phenoxy) is 3. The summed E-state index contributed by atoms with van der Waals surface area (Å²) >= 11 is 0. The van der Waals surface area contributed by atoms with Crippen molar-refractivity contribution in [3.63, 3.8) is 0 Å². The number of anilines is 2. The van der Waals surface area contributed by atoms with Gasteiger partial charge >= 0.3 is 0 Å². The molecule has 0 saturated heterocycles. The lowest BCUT2D eigenvalue weighted by Gasteiger charge is -2.28. The van der Waals surface area contributed by atoms with Crippen molar-refractivity contribution in [2.75, 3.05) is 44.1 Å². The van der Waals surface area contributed by atoms with Gasteiger partial charge < -0.3 is 19.5 Å². The van der Waals surface area contributed by atoms with Gasteiger partial charge in [0, 0.05) is 56.6 Å². The zero-order valence-corrected chi connectivity index (χ0v) is 22.0. The summed E-state index contributed by atoms with van der Waals surface area (Å²) in [7, 11) is 3.33. The second-order valence-electron chi connectivity index (χ2n) is 9.40. The predicted molar refractivity (Wildman–Crippen MR) is 147 cm³/mol. The van der Waals surface area contributed by atoms with E-state index in [-0.39, 0.29) is 11.8 Å². The molecule has 37 heavy (non-hydrogen) atoms. The van der Waals surface area contributed by atoms with Crippen molar-refractivity contribution in [1.82, 2.24) is 4.98 Å². The molecule has 0 radical (unpaired) electrons. The zero-order chi connectivity index (χ0) is 26.0. The van der Waals surface area contributed by atoms with Crippen molar-refractivity contribution >= 4 is 17.4 Å². The highest BCUT2D eigenvalue weighted by molar-refractivity contribution is 5.91. The van der Waals surface area contributed by atoms with Gasteiger partial charge in [0.1, 0.15) is 17.3 Å². The fraction of sp³-hybridized carbons (Fsp3) is 0.400. The molecule has 0 spiro atoms. The van der Waals surface area contributed by atoms with Gasteiger partial charge in [-0.25, -0.2) is 4.98 Å². The molecule has 1 unspecified atom stereocenters. The van der Waals surface area contributed by atoms with Gasteiger partial charge in [-0.1, -0.05) is 30.3 Å². The molecule has 1 aromatic heterocycles. The number of pyridine rings is 1. The van der Waals surface area contributed by atoms with Gasteiger partial charge in [0.05, 0.1) is 20.8 Å². The smallest absolute Gasteiger partial charge is 0.225 e. The number of hydrogen-bond acceptors (Lipinski definition) is 6. The predicted octanol–water partition coefficient (Wildman–Crippen LogP) is 5.59. The molecule has 4 rings (SSSR count). The number of carbonyl (C=O) groups is 1. The third-order valence-corrected chi connectivity index (χ3v) is 6.76. The summed E-state index contributed by atoms with van der Waals surface area (Å²) in [5, 5.41) is 3.55. The van der Waals surface area contributed by atoms with Crippen molar-refractivity contribution in [3.8, 4) is 11.5 Å². The maximum absolute atomic E-state index is 12.4. The van der Waals surface area contributed by atoms with Crippen LogP contribution in [0.4, 0.5) is 11.5 Å². The molecular weight excluding hydrogens is 466 g/mol. The maximum Gasteiger partial charge on any atom is 0.225 e. The molecule has 0 saturated carbocycles. The van der Waals surface area contributed by atoms with E-state index < -0.39 is 0 Å². The molecule has 1 amide bonds. The number of carbonyl (C=O) groups excluding carboxylic acids is 1. The zero-order valence-electron chi connectivity index (χ0n) is 22.0. The van der Waals surface area contributed by atoms with E-state index in [0.717, 1.165) is 67.1 Å². The Bertz CT molecular complexity index is 1150. The second-order valence-corrected chi connectivity index (χ2v) is 9.40. The molecule has 1 atom stereocenters. The summed E-state index contributed by atoms with van der Waals surface area (Å²) in [5.74, 6) is 2.55. The summed E-state index contributed by atoms with van der Waals surface area (Å²) in [5.41, 5.74) is 4.53. The highest BCUT2D eigenvalue weighted by Gasteiger charge is 2.23. The molecule has 1 aliphatic rings. The van der Waals surface area contributed by atoms with Crippen LogP contribution in [0.25, 0.3) is 0 Å². The Hall–Kier alpha value is -3.58. The topological polar surface area (TPSA) is 72.9 Å². The van der Waals surface area contributed by atoms with Crippen molar-refractivity contribution in [1.29, 1.82) is 0 Å². The van der Waals surface area contributed by atoms with E-state index in [1.807, 2.05) is 36.5 Å². The van der Waals surface area contributed by atoms with Crippen LogP contribution in [0.3, 0.4) is 0 Å². The quantitative estimate of drug-likeness (QED) is 0.325. The van der Waals surface area contributed by atoms with Crippen molar-refractivity contribution in [2.24, 2.45) is 0 Å². The molecule has 0 bridgehead atoms. The lowest BCUT2D eigenvalue weighted by molar-refractivity contribution is -0.116. The monoisotopic (exact) mass is 503 g/mol. The molecule has 1 aliphatic heterocycles. The third kappa shape index (κ3) is 7.23. The number of rotatable bonds is 12. The van der Waals surface area contributed by atoms with E-state index in [1.54, 1.807) is 26.0 Å². The highest BCUT2D eigenvalue weighted by atomic mass is 16.5. The minimum atomic E-state index is 0.00457. The lowest BCUT2D eigenvalue weighted by atomic mass is 9.88. The number of nitrogens with one attached hydrogen (secondary N) is 1. The summed E-state index contributed by atoms with van der Waals surface area (Å²) < 4.78 is 16.7. The Labute approximate surface area is 219 Å². The van der Waals surface area contributed by atoms with E-state index >= 15 is 0 Å². The van der Waals surface area contributed by atoms with Crippen molar-refractivity contribution < 1.29 is 19.0 Å². The van der Waals surface area contributed by atoms with Crippen LogP contribution in [0, 0.1) is 0 Å². The van der Waals surface area contributed by atoms with Crippen LogP contribution in [0.5, 0.6) is 11.5 Å². The van der Waals surface area contributed by atoms with Gasteiger partial charge in [-0.15, -0.1) is 0 Å². The standard InChI is InChI=1S/C30H37N3O4/c1-22(34)33(12-8-5-9-13-37-21-23-10-6-4-7-11-23)30-18-29-26(20-32-30)14-25(19-31-29)24-15-27(35-2)17-28(16-24)36-3/h4,6-7,10-11,15-18,20,25,31H,5,8-9,12-14,19,21H2,1-3H3. The Morgan fingerprint density at radius 1 is 1.03 bits per heavy atom. The first-order chi connectivity index (χ1) is 18.1. The minimum Gasteiger partial charge on any atom is -0.497 e. The van der Waals surface area contributed by atoms with Gasteiger partial charge in [0.15, 0.2) is 0 Å². The third-order valence-electron chi connectivity index (χ3n) is 6.76. The van der Waals surface area contributed by atoms with E-state index in [0.29, 0.717) is 19.0 Å². The van der Waals surface area contributed by atoms with Crippen LogP contribution >= 0.6 is 0 Å². The summed E-state index contributed by atoms with van der Waals surface area (Å²) in [6.45, 7) is 4.39. The molecule has 2 aromatic carbocycles. The van der Waals surface area contributed by atoms with E-state index in [4.69, 9.17) is 14.2 Å². The largest absolute Gasteiger partial charge is 0.497 e. The normalized spacial score (nSPS) is 14.4.